The Morgan fingerprint density at radius 1 is 0.875 bits per heavy atom. The largest absolute Gasteiger partial charge is 0.373 e. The minimum absolute atomic E-state index is 0.132. The first-order chi connectivity index (χ1) is 11.1. The highest BCUT2D eigenvalue weighted by atomic mass is 17.2. The quantitative estimate of drug-likeness (QED) is 0.409. The van der Waals surface area contributed by atoms with Gasteiger partial charge in [-0.3, -0.25) is 9.78 Å². The first kappa shape index (κ1) is 19.6. The van der Waals surface area contributed by atoms with Gasteiger partial charge in [0.1, 0.15) is 11.2 Å². The van der Waals surface area contributed by atoms with Crippen LogP contribution in [0.3, 0.4) is 0 Å². The van der Waals surface area contributed by atoms with E-state index in [-0.39, 0.29) is 11.1 Å². The van der Waals surface area contributed by atoms with E-state index in [1.54, 1.807) is 27.7 Å². The molecular weight excluding hydrogens is 312 g/mol. The third-order valence-electron chi connectivity index (χ3n) is 2.98. The molecule has 1 aromatic carbocycles. The zero-order chi connectivity index (χ0) is 18.4. The molecule has 0 heterocycles. The van der Waals surface area contributed by atoms with Crippen molar-refractivity contribution in [3.8, 4) is 0 Å². The lowest BCUT2D eigenvalue weighted by atomic mass is 10.1. The molecule has 0 saturated heterocycles. The maximum absolute atomic E-state index is 12.0. The van der Waals surface area contributed by atoms with Crippen molar-refractivity contribution in [1.29, 1.82) is 0 Å². The van der Waals surface area contributed by atoms with Crippen LogP contribution in [0.5, 0.6) is 0 Å². The van der Waals surface area contributed by atoms with E-state index >= 15 is 0 Å². The van der Waals surface area contributed by atoms with Gasteiger partial charge in [-0.25, -0.2) is 9.59 Å². The third kappa shape index (κ3) is 5.98. The second-order valence-corrected chi connectivity index (χ2v) is 6.10. The van der Waals surface area contributed by atoms with Gasteiger partial charge >= 0.3 is 11.9 Å². The van der Waals surface area contributed by atoms with Gasteiger partial charge in [0.05, 0.1) is 11.1 Å². The monoisotopic (exact) mass is 334 g/mol. The minimum atomic E-state index is -0.823. The molecule has 0 aliphatic rings. The van der Waals surface area contributed by atoms with E-state index in [4.69, 9.17) is 19.6 Å². The van der Waals surface area contributed by atoms with Crippen molar-refractivity contribution in [2.75, 3.05) is 0 Å². The summed E-state index contributed by atoms with van der Waals surface area (Å²) in [4.78, 5) is 43.4. The van der Waals surface area contributed by atoms with Crippen molar-refractivity contribution >= 4 is 11.9 Å². The minimum Gasteiger partial charge on any atom is -0.292 e. The summed E-state index contributed by atoms with van der Waals surface area (Å²) in [6.45, 7) is 13.9. The van der Waals surface area contributed by atoms with Crippen LogP contribution in [0.1, 0.15) is 48.4 Å². The average molecular weight is 334 g/mol. The van der Waals surface area contributed by atoms with Crippen LogP contribution in [-0.4, -0.2) is 23.1 Å². The smallest absolute Gasteiger partial charge is 0.292 e. The lowest BCUT2D eigenvalue weighted by molar-refractivity contribution is -0.292. The lowest BCUT2D eigenvalue weighted by Crippen LogP contribution is -2.24. The number of rotatable bonds is 8. The van der Waals surface area contributed by atoms with E-state index in [0.29, 0.717) is 0 Å². The Kier molecular flexibility index (Phi) is 6.45. The molecule has 1 aromatic rings. The normalized spacial score (nSPS) is 11.5. The van der Waals surface area contributed by atoms with Gasteiger partial charge < -0.3 is 0 Å². The van der Waals surface area contributed by atoms with Crippen LogP contribution in [0.4, 0.5) is 0 Å². The van der Waals surface area contributed by atoms with E-state index < -0.39 is 23.1 Å². The Morgan fingerprint density at radius 3 is 1.58 bits per heavy atom. The highest BCUT2D eigenvalue weighted by molar-refractivity contribution is 5.94. The third-order valence-corrected chi connectivity index (χ3v) is 2.98. The summed E-state index contributed by atoms with van der Waals surface area (Å²) in [5.41, 5.74) is -1.38. The Balaban J connectivity index is 2.75. The fourth-order valence-corrected chi connectivity index (χ4v) is 1.23. The molecule has 1 rings (SSSR count). The molecule has 0 aliphatic carbocycles. The maximum Gasteiger partial charge on any atom is 0.373 e. The van der Waals surface area contributed by atoms with Crippen LogP contribution in [0.25, 0.3) is 0 Å². The molecule has 0 N–H and O–H groups in total. The molecule has 0 unspecified atom stereocenters. The first-order valence-corrected chi connectivity index (χ1v) is 7.27. The van der Waals surface area contributed by atoms with Gasteiger partial charge in [0.2, 0.25) is 0 Å². The summed E-state index contributed by atoms with van der Waals surface area (Å²) >= 11 is 0. The summed E-state index contributed by atoms with van der Waals surface area (Å²) in [6, 6.07) is 5.81. The summed E-state index contributed by atoms with van der Waals surface area (Å²) in [5, 5.41) is 0. The Labute approximate surface area is 141 Å². The molecule has 130 valence electrons. The van der Waals surface area contributed by atoms with Gasteiger partial charge in [-0.2, -0.15) is 9.78 Å². The van der Waals surface area contributed by atoms with Crippen molar-refractivity contribution in [3.63, 3.8) is 0 Å². The SMILES string of the molecule is C=CC(C)(C)OOC(=O)c1cccc(C(=O)OOC(C)(C)C=C)c1. The summed E-state index contributed by atoms with van der Waals surface area (Å²) in [6.07, 6.45) is 2.99. The van der Waals surface area contributed by atoms with Gasteiger partial charge in [-0.1, -0.05) is 18.2 Å². The predicted octanol–water partition coefficient (Wildman–Crippen LogP) is 3.79. The fourth-order valence-electron chi connectivity index (χ4n) is 1.23. The maximum atomic E-state index is 12.0. The van der Waals surface area contributed by atoms with Crippen LogP contribution >= 0.6 is 0 Å². The second-order valence-electron chi connectivity index (χ2n) is 6.10. The Bertz CT molecular complexity index is 579. The van der Waals surface area contributed by atoms with E-state index in [1.807, 2.05) is 0 Å². The molecule has 0 aliphatic heterocycles. The number of hydrogen-bond acceptors (Lipinski definition) is 6. The summed E-state index contributed by atoms with van der Waals surface area (Å²) in [5.74, 6) is -1.49. The lowest BCUT2D eigenvalue weighted by Gasteiger charge is -2.18. The van der Waals surface area contributed by atoms with Crippen LogP contribution < -0.4 is 0 Å². The van der Waals surface area contributed by atoms with Gasteiger partial charge in [0.25, 0.3) is 0 Å². The van der Waals surface area contributed by atoms with E-state index in [9.17, 15) is 9.59 Å². The number of carbonyl (C=O) groups is 2. The highest BCUT2D eigenvalue weighted by Crippen LogP contribution is 2.15. The first-order valence-electron chi connectivity index (χ1n) is 7.27. The topological polar surface area (TPSA) is 71.1 Å². The Hall–Kier alpha value is -2.44. The molecule has 6 nitrogen and oxygen atoms in total. The number of hydrogen-bond donors (Lipinski definition) is 0. The molecule has 0 aromatic heterocycles. The molecule has 24 heavy (non-hydrogen) atoms. The van der Waals surface area contributed by atoms with Crippen molar-refractivity contribution in [2.45, 2.75) is 38.9 Å². The van der Waals surface area contributed by atoms with Crippen LogP contribution in [-0.2, 0) is 19.6 Å². The van der Waals surface area contributed by atoms with Crippen LogP contribution in [0.2, 0.25) is 0 Å². The van der Waals surface area contributed by atoms with Crippen molar-refractivity contribution in [2.24, 2.45) is 0 Å². The molecule has 0 bridgehead atoms. The molecule has 6 heteroatoms. The van der Waals surface area contributed by atoms with Crippen molar-refractivity contribution in [3.05, 3.63) is 60.7 Å². The predicted molar refractivity (Wildman–Crippen MR) is 88.0 cm³/mol. The second kappa shape index (κ2) is 7.90. The zero-order valence-electron chi connectivity index (χ0n) is 14.3. The highest BCUT2D eigenvalue weighted by Gasteiger charge is 2.21. The summed E-state index contributed by atoms with van der Waals surface area (Å²) < 4.78 is 0. The van der Waals surface area contributed by atoms with E-state index in [1.165, 1.54) is 36.4 Å². The molecule has 0 spiro atoms. The molecule has 0 saturated carbocycles. The molecule has 0 fully saturated rings. The van der Waals surface area contributed by atoms with Crippen LogP contribution in [0.15, 0.2) is 49.6 Å². The van der Waals surface area contributed by atoms with Crippen LogP contribution in [0, 0.1) is 0 Å². The molecular formula is C18H22O6. The van der Waals surface area contributed by atoms with Crippen molar-refractivity contribution < 1.29 is 29.1 Å². The summed E-state index contributed by atoms with van der Waals surface area (Å²) in [7, 11) is 0. The standard InChI is InChI=1S/C18H22O6/c1-7-17(3,4)23-21-15(19)13-10-9-11-14(12-13)16(20)22-24-18(5,6)8-2/h7-12H,1-2H2,3-6H3. The fraction of sp³-hybridized carbons (Fsp3) is 0.333. The van der Waals surface area contributed by atoms with Crippen molar-refractivity contribution in [1.82, 2.24) is 0 Å². The van der Waals surface area contributed by atoms with E-state index in [0.717, 1.165) is 0 Å². The zero-order valence-corrected chi connectivity index (χ0v) is 14.3. The van der Waals surface area contributed by atoms with E-state index in [2.05, 4.69) is 13.2 Å². The van der Waals surface area contributed by atoms with Gasteiger partial charge in [-0.15, -0.1) is 13.2 Å². The van der Waals surface area contributed by atoms with Gasteiger partial charge in [0.15, 0.2) is 0 Å². The van der Waals surface area contributed by atoms with Gasteiger partial charge in [-0.05, 0) is 45.9 Å². The number of benzene rings is 1. The molecule has 0 radical (unpaired) electrons. The molecule has 0 amide bonds. The van der Waals surface area contributed by atoms with Gasteiger partial charge in [0, 0.05) is 0 Å². The molecule has 0 atom stereocenters. The number of carbonyl (C=O) groups excluding carboxylic acids is 2. The average Bonchev–Trinajstić information content (AvgIpc) is 2.57. The Morgan fingerprint density at radius 2 is 1.25 bits per heavy atom.